The number of amides is 2. The average Bonchev–Trinajstić information content (AvgIpc) is 2.73. The summed E-state index contributed by atoms with van der Waals surface area (Å²) in [6, 6.07) is 10.5. The molecule has 0 atom stereocenters. The lowest BCUT2D eigenvalue weighted by molar-refractivity contribution is -0.124. The molecule has 160 valence electrons. The molecule has 0 aromatic heterocycles. The van der Waals surface area contributed by atoms with Crippen LogP contribution in [0.15, 0.2) is 46.0 Å². The molecule has 0 unspecified atom stereocenters. The van der Waals surface area contributed by atoms with E-state index in [1.807, 2.05) is 6.92 Å². The van der Waals surface area contributed by atoms with E-state index in [9.17, 15) is 9.59 Å². The van der Waals surface area contributed by atoms with Crippen molar-refractivity contribution in [3.8, 4) is 17.2 Å². The fourth-order valence-corrected chi connectivity index (χ4v) is 3.12. The second kappa shape index (κ2) is 11.8. The first kappa shape index (κ1) is 23.2. The van der Waals surface area contributed by atoms with Gasteiger partial charge in [0.05, 0.1) is 31.5 Å². The third kappa shape index (κ3) is 7.07. The van der Waals surface area contributed by atoms with E-state index in [0.717, 1.165) is 5.75 Å². The highest BCUT2D eigenvalue weighted by molar-refractivity contribution is 9.10. The summed E-state index contributed by atoms with van der Waals surface area (Å²) in [7, 11) is 3.08. The fraction of sp³-hybridized carbons (Fsp3) is 0.286. The SMILES string of the molecule is CCOc1ccc(NC(=O)CCC(=O)NN=Cc2cc(Br)c(OC)c(OC)c2)cc1. The Bertz CT molecular complexity index is 900. The van der Waals surface area contributed by atoms with Gasteiger partial charge in [-0.3, -0.25) is 9.59 Å². The molecule has 30 heavy (non-hydrogen) atoms. The van der Waals surface area contributed by atoms with Crippen LogP contribution in [-0.4, -0.2) is 38.9 Å². The van der Waals surface area contributed by atoms with Crippen molar-refractivity contribution >= 4 is 39.6 Å². The maximum absolute atomic E-state index is 12.0. The summed E-state index contributed by atoms with van der Waals surface area (Å²) in [6.45, 7) is 2.48. The quantitative estimate of drug-likeness (QED) is 0.401. The zero-order valence-electron chi connectivity index (χ0n) is 17.0. The number of nitrogens with one attached hydrogen (secondary N) is 2. The third-order valence-electron chi connectivity index (χ3n) is 3.89. The molecule has 2 amide bonds. The second-order valence-electron chi connectivity index (χ2n) is 6.04. The Balaban J connectivity index is 1.80. The van der Waals surface area contributed by atoms with Gasteiger partial charge in [-0.25, -0.2) is 5.43 Å². The third-order valence-corrected chi connectivity index (χ3v) is 4.48. The summed E-state index contributed by atoms with van der Waals surface area (Å²) in [6.07, 6.45) is 1.52. The molecular formula is C21H24BrN3O5. The van der Waals surface area contributed by atoms with E-state index in [-0.39, 0.29) is 24.7 Å². The number of carbonyl (C=O) groups excluding carboxylic acids is 2. The Labute approximate surface area is 183 Å². The van der Waals surface area contributed by atoms with Crippen LogP contribution < -0.4 is 25.0 Å². The normalized spacial score (nSPS) is 10.5. The van der Waals surface area contributed by atoms with Crippen molar-refractivity contribution < 1.29 is 23.8 Å². The number of hydrazone groups is 1. The maximum atomic E-state index is 12.0. The zero-order chi connectivity index (χ0) is 21.9. The van der Waals surface area contributed by atoms with Gasteiger partial charge < -0.3 is 19.5 Å². The van der Waals surface area contributed by atoms with Gasteiger partial charge in [0.1, 0.15) is 5.75 Å². The molecule has 8 nitrogen and oxygen atoms in total. The predicted molar refractivity (Wildman–Crippen MR) is 118 cm³/mol. The van der Waals surface area contributed by atoms with Gasteiger partial charge in [-0.2, -0.15) is 5.10 Å². The van der Waals surface area contributed by atoms with Crippen LogP contribution in [-0.2, 0) is 9.59 Å². The summed E-state index contributed by atoms with van der Waals surface area (Å²) in [4.78, 5) is 23.9. The zero-order valence-corrected chi connectivity index (χ0v) is 18.6. The second-order valence-corrected chi connectivity index (χ2v) is 6.89. The van der Waals surface area contributed by atoms with E-state index in [4.69, 9.17) is 14.2 Å². The highest BCUT2D eigenvalue weighted by Crippen LogP contribution is 2.35. The van der Waals surface area contributed by atoms with Gasteiger partial charge in [0.15, 0.2) is 11.5 Å². The molecule has 9 heteroatoms. The van der Waals surface area contributed by atoms with E-state index in [1.54, 1.807) is 43.5 Å². The number of ether oxygens (including phenoxy) is 3. The van der Waals surface area contributed by atoms with Crippen LogP contribution in [0.3, 0.4) is 0 Å². The number of nitrogens with zero attached hydrogens (tertiary/aromatic N) is 1. The van der Waals surface area contributed by atoms with Crippen molar-refractivity contribution in [1.82, 2.24) is 5.43 Å². The largest absolute Gasteiger partial charge is 0.494 e. The van der Waals surface area contributed by atoms with Crippen LogP contribution in [0, 0.1) is 0 Å². The minimum atomic E-state index is -0.368. The molecule has 0 radical (unpaired) electrons. The van der Waals surface area contributed by atoms with Gasteiger partial charge in [-0.1, -0.05) is 0 Å². The number of methoxy groups -OCH3 is 2. The lowest BCUT2D eigenvalue weighted by Crippen LogP contribution is -2.20. The minimum Gasteiger partial charge on any atom is -0.494 e. The van der Waals surface area contributed by atoms with Gasteiger partial charge in [-0.05, 0) is 64.8 Å². The average molecular weight is 478 g/mol. The first-order valence-electron chi connectivity index (χ1n) is 9.23. The predicted octanol–water partition coefficient (Wildman–Crippen LogP) is 3.73. The van der Waals surface area contributed by atoms with Crippen molar-refractivity contribution in [3.05, 3.63) is 46.4 Å². The standard InChI is InChI=1S/C21H24BrN3O5/c1-4-30-16-7-5-15(6-8-16)24-19(26)9-10-20(27)25-23-13-14-11-17(22)21(29-3)18(12-14)28-2/h5-8,11-13H,4,9-10H2,1-3H3,(H,24,26)(H,25,27). The smallest absolute Gasteiger partial charge is 0.240 e. The van der Waals surface area contributed by atoms with Crippen LogP contribution in [0.4, 0.5) is 5.69 Å². The Hall–Kier alpha value is -3.07. The lowest BCUT2D eigenvalue weighted by atomic mass is 10.2. The molecule has 0 aliphatic carbocycles. The summed E-state index contributed by atoms with van der Waals surface area (Å²) >= 11 is 3.39. The fourth-order valence-electron chi connectivity index (χ4n) is 2.50. The van der Waals surface area contributed by atoms with Crippen molar-refractivity contribution in [2.24, 2.45) is 5.10 Å². The number of anilines is 1. The molecule has 2 aromatic carbocycles. The molecule has 0 bridgehead atoms. The minimum absolute atomic E-state index is 0.00975. The van der Waals surface area contributed by atoms with Gasteiger partial charge in [0.25, 0.3) is 0 Å². The van der Waals surface area contributed by atoms with E-state index in [1.165, 1.54) is 13.3 Å². The van der Waals surface area contributed by atoms with Gasteiger partial charge in [0.2, 0.25) is 11.8 Å². The Morgan fingerprint density at radius 2 is 1.77 bits per heavy atom. The molecule has 0 aliphatic heterocycles. The number of hydrogen-bond acceptors (Lipinski definition) is 6. The molecule has 2 N–H and O–H groups in total. The van der Waals surface area contributed by atoms with Crippen LogP contribution in [0.2, 0.25) is 0 Å². The molecule has 0 spiro atoms. The van der Waals surface area contributed by atoms with Gasteiger partial charge in [-0.15, -0.1) is 0 Å². The number of hydrogen-bond donors (Lipinski definition) is 2. The van der Waals surface area contributed by atoms with Gasteiger partial charge >= 0.3 is 0 Å². The Kier molecular flexibility index (Phi) is 9.14. The lowest BCUT2D eigenvalue weighted by Gasteiger charge is -2.10. The molecule has 2 rings (SSSR count). The summed E-state index contributed by atoms with van der Waals surface area (Å²) in [5.74, 6) is 1.20. The number of rotatable bonds is 10. The number of halogens is 1. The molecule has 0 fully saturated rings. The van der Waals surface area contributed by atoms with Gasteiger partial charge in [0, 0.05) is 18.5 Å². The topological polar surface area (TPSA) is 98.2 Å². The van der Waals surface area contributed by atoms with Crippen LogP contribution in [0.1, 0.15) is 25.3 Å². The van der Waals surface area contributed by atoms with E-state index in [0.29, 0.717) is 33.8 Å². The first-order chi connectivity index (χ1) is 14.5. The number of carbonyl (C=O) groups is 2. The molecular weight excluding hydrogens is 454 g/mol. The molecule has 0 aliphatic rings. The Morgan fingerprint density at radius 1 is 1.07 bits per heavy atom. The van der Waals surface area contributed by atoms with Crippen molar-refractivity contribution in [2.75, 3.05) is 26.1 Å². The first-order valence-corrected chi connectivity index (χ1v) is 10.0. The van der Waals surface area contributed by atoms with E-state index < -0.39 is 0 Å². The van der Waals surface area contributed by atoms with E-state index in [2.05, 4.69) is 31.8 Å². The molecule has 0 saturated carbocycles. The Morgan fingerprint density at radius 3 is 2.40 bits per heavy atom. The summed E-state index contributed by atoms with van der Waals surface area (Å²) < 4.78 is 16.6. The number of benzene rings is 2. The van der Waals surface area contributed by atoms with Crippen LogP contribution in [0.25, 0.3) is 0 Å². The van der Waals surface area contributed by atoms with E-state index >= 15 is 0 Å². The van der Waals surface area contributed by atoms with Crippen molar-refractivity contribution in [3.63, 3.8) is 0 Å². The van der Waals surface area contributed by atoms with Crippen molar-refractivity contribution in [1.29, 1.82) is 0 Å². The maximum Gasteiger partial charge on any atom is 0.240 e. The van der Waals surface area contributed by atoms with Crippen LogP contribution in [0.5, 0.6) is 17.2 Å². The summed E-state index contributed by atoms with van der Waals surface area (Å²) in [5.41, 5.74) is 3.75. The van der Waals surface area contributed by atoms with Crippen molar-refractivity contribution in [2.45, 2.75) is 19.8 Å². The summed E-state index contributed by atoms with van der Waals surface area (Å²) in [5, 5.41) is 6.65. The molecule has 0 heterocycles. The molecule has 2 aromatic rings. The highest BCUT2D eigenvalue weighted by Gasteiger charge is 2.10. The monoisotopic (exact) mass is 477 g/mol. The molecule has 0 saturated heterocycles. The van der Waals surface area contributed by atoms with Crippen LogP contribution >= 0.6 is 15.9 Å². The highest BCUT2D eigenvalue weighted by atomic mass is 79.9.